The van der Waals surface area contributed by atoms with Crippen molar-refractivity contribution in [3.05, 3.63) is 45.9 Å². The number of hydrogen-bond acceptors (Lipinski definition) is 6. The topological polar surface area (TPSA) is 88.7 Å². The molecule has 0 aliphatic rings. The van der Waals surface area contributed by atoms with E-state index in [1.807, 2.05) is 12.1 Å². The predicted molar refractivity (Wildman–Crippen MR) is 82.8 cm³/mol. The van der Waals surface area contributed by atoms with Crippen LogP contribution in [0.3, 0.4) is 0 Å². The molecule has 0 N–H and O–H groups in total. The van der Waals surface area contributed by atoms with E-state index in [-0.39, 0.29) is 5.82 Å². The van der Waals surface area contributed by atoms with E-state index in [9.17, 15) is 10.1 Å². The van der Waals surface area contributed by atoms with Crippen LogP contribution in [-0.2, 0) is 17.9 Å². The van der Waals surface area contributed by atoms with Crippen molar-refractivity contribution in [2.45, 2.75) is 20.1 Å². The van der Waals surface area contributed by atoms with Gasteiger partial charge in [-0.1, -0.05) is 0 Å². The quantitative estimate of drug-likeness (QED) is 0.421. The van der Waals surface area contributed by atoms with E-state index in [1.165, 1.54) is 10.8 Å². The fourth-order valence-electron chi connectivity index (χ4n) is 2.17. The van der Waals surface area contributed by atoms with Crippen molar-refractivity contribution in [1.82, 2.24) is 9.55 Å². The lowest BCUT2D eigenvalue weighted by molar-refractivity contribution is -0.392. The minimum Gasteiger partial charge on any atom is -0.497 e. The summed E-state index contributed by atoms with van der Waals surface area (Å²) in [6.07, 6.45) is 1.25. The van der Waals surface area contributed by atoms with Gasteiger partial charge in [0, 0.05) is 13.0 Å². The molecule has 0 unspecified atom stereocenters. The van der Waals surface area contributed by atoms with Crippen molar-refractivity contribution in [2.75, 3.05) is 20.8 Å². The lowest BCUT2D eigenvalue weighted by Crippen LogP contribution is -2.10. The Balaban J connectivity index is 1.93. The SMILES string of the molecule is COc1cc(COCCn2c([N+](=O)[O-])cnc2C)cc(OC)c1. The molecule has 0 atom stereocenters. The van der Waals surface area contributed by atoms with Crippen LogP contribution in [0.2, 0.25) is 0 Å². The number of aromatic nitrogens is 2. The third-order valence-corrected chi connectivity index (χ3v) is 3.36. The monoisotopic (exact) mass is 321 g/mol. The number of ether oxygens (including phenoxy) is 3. The Morgan fingerprint density at radius 1 is 1.22 bits per heavy atom. The molecule has 0 radical (unpaired) electrons. The maximum atomic E-state index is 10.9. The molecule has 2 aromatic rings. The van der Waals surface area contributed by atoms with E-state index >= 15 is 0 Å². The normalized spacial score (nSPS) is 10.6. The molecule has 0 amide bonds. The Hall–Kier alpha value is -2.61. The molecule has 0 saturated carbocycles. The molecule has 0 fully saturated rings. The van der Waals surface area contributed by atoms with Gasteiger partial charge < -0.3 is 24.3 Å². The molecule has 1 heterocycles. The fraction of sp³-hybridized carbons (Fsp3) is 0.400. The van der Waals surface area contributed by atoms with Gasteiger partial charge in [0.25, 0.3) is 0 Å². The van der Waals surface area contributed by atoms with Crippen LogP contribution in [0.5, 0.6) is 11.5 Å². The molecule has 8 nitrogen and oxygen atoms in total. The Morgan fingerprint density at radius 2 is 1.87 bits per heavy atom. The summed E-state index contributed by atoms with van der Waals surface area (Å²) in [7, 11) is 3.17. The van der Waals surface area contributed by atoms with E-state index in [1.54, 1.807) is 27.2 Å². The second kappa shape index (κ2) is 7.59. The summed E-state index contributed by atoms with van der Waals surface area (Å²) in [5.41, 5.74) is 0.901. The molecule has 0 saturated heterocycles. The number of nitro groups is 1. The van der Waals surface area contributed by atoms with Gasteiger partial charge in [0.15, 0.2) is 5.82 Å². The van der Waals surface area contributed by atoms with Crippen LogP contribution in [0.1, 0.15) is 11.4 Å². The molecular formula is C15H19N3O5. The largest absolute Gasteiger partial charge is 0.497 e. The molecule has 0 bridgehead atoms. The molecule has 8 heteroatoms. The summed E-state index contributed by atoms with van der Waals surface area (Å²) in [6, 6.07) is 5.49. The first-order valence-corrected chi connectivity index (χ1v) is 7.01. The first kappa shape index (κ1) is 16.8. The summed E-state index contributed by atoms with van der Waals surface area (Å²) in [6.45, 7) is 2.77. The average molecular weight is 321 g/mol. The van der Waals surface area contributed by atoms with Crippen molar-refractivity contribution in [1.29, 1.82) is 0 Å². The zero-order chi connectivity index (χ0) is 16.8. The van der Waals surface area contributed by atoms with Gasteiger partial charge in [0.2, 0.25) is 0 Å². The van der Waals surface area contributed by atoms with Crippen LogP contribution < -0.4 is 9.47 Å². The van der Waals surface area contributed by atoms with E-state index in [0.717, 1.165) is 5.56 Å². The zero-order valence-electron chi connectivity index (χ0n) is 13.3. The standard InChI is InChI=1S/C15H19N3O5/c1-11-16-9-15(18(19)20)17(11)4-5-23-10-12-6-13(21-2)8-14(7-12)22-3/h6-9H,4-5,10H2,1-3H3. The Kier molecular flexibility index (Phi) is 5.53. The van der Waals surface area contributed by atoms with E-state index in [0.29, 0.717) is 37.1 Å². The van der Waals surface area contributed by atoms with Crippen molar-refractivity contribution < 1.29 is 19.1 Å². The van der Waals surface area contributed by atoms with Gasteiger partial charge in [-0.15, -0.1) is 0 Å². The van der Waals surface area contributed by atoms with Crippen molar-refractivity contribution >= 4 is 5.82 Å². The minimum absolute atomic E-state index is 0.0332. The number of nitrogens with zero attached hydrogens (tertiary/aromatic N) is 3. The molecule has 1 aromatic heterocycles. The third kappa shape index (κ3) is 4.19. The Morgan fingerprint density at radius 3 is 2.43 bits per heavy atom. The molecule has 2 rings (SSSR count). The van der Waals surface area contributed by atoms with Crippen LogP contribution in [0.4, 0.5) is 5.82 Å². The molecule has 23 heavy (non-hydrogen) atoms. The number of imidazole rings is 1. The molecule has 0 aliphatic carbocycles. The van der Waals surface area contributed by atoms with Crippen LogP contribution >= 0.6 is 0 Å². The maximum absolute atomic E-state index is 10.9. The summed E-state index contributed by atoms with van der Waals surface area (Å²) in [4.78, 5) is 14.4. The van der Waals surface area contributed by atoms with Gasteiger partial charge in [-0.2, -0.15) is 0 Å². The molecular weight excluding hydrogens is 302 g/mol. The number of benzene rings is 1. The van der Waals surface area contributed by atoms with Crippen LogP contribution in [0, 0.1) is 17.0 Å². The van der Waals surface area contributed by atoms with E-state index in [4.69, 9.17) is 14.2 Å². The lowest BCUT2D eigenvalue weighted by atomic mass is 10.2. The highest BCUT2D eigenvalue weighted by Gasteiger charge is 2.16. The highest BCUT2D eigenvalue weighted by molar-refractivity contribution is 5.38. The van der Waals surface area contributed by atoms with E-state index in [2.05, 4.69) is 4.98 Å². The molecule has 1 aromatic carbocycles. The van der Waals surface area contributed by atoms with Crippen LogP contribution in [0.15, 0.2) is 24.4 Å². The highest BCUT2D eigenvalue weighted by Crippen LogP contribution is 2.23. The number of methoxy groups -OCH3 is 2. The minimum atomic E-state index is -0.451. The lowest BCUT2D eigenvalue weighted by Gasteiger charge is -2.09. The van der Waals surface area contributed by atoms with Crippen molar-refractivity contribution in [2.24, 2.45) is 0 Å². The second-order valence-electron chi connectivity index (χ2n) is 4.85. The van der Waals surface area contributed by atoms with Crippen molar-refractivity contribution in [3.8, 4) is 11.5 Å². The summed E-state index contributed by atoms with van der Waals surface area (Å²) in [5, 5.41) is 10.9. The van der Waals surface area contributed by atoms with Gasteiger partial charge in [-0.25, -0.2) is 9.55 Å². The maximum Gasteiger partial charge on any atom is 0.342 e. The molecule has 0 spiro atoms. The van der Waals surface area contributed by atoms with Gasteiger partial charge in [0.05, 0.1) is 27.4 Å². The van der Waals surface area contributed by atoms with Crippen LogP contribution in [0.25, 0.3) is 0 Å². The summed E-state index contributed by atoms with van der Waals surface area (Å²) < 4.78 is 17.5. The smallest absolute Gasteiger partial charge is 0.342 e. The van der Waals surface area contributed by atoms with Crippen molar-refractivity contribution in [3.63, 3.8) is 0 Å². The first-order valence-electron chi connectivity index (χ1n) is 7.01. The Bertz CT molecular complexity index is 661. The summed E-state index contributed by atoms with van der Waals surface area (Å²) in [5.74, 6) is 1.92. The highest BCUT2D eigenvalue weighted by atomic mass is 16.6. The van der Waals surface area contributed by atoms with Gasteiger partial charge >= 0.3 is 5.82 Å². The average Bonchev–Trinajstić information content (AvgIpc) is 2.92. The molecule has 124 valence electrons. The molecule has 0 aliphatic heterocycles. The number of hydrogen-bond donors (Lipinski definition) is 0. The summed E-state index contributed by atoms with van der Waals surface area (Å²) >= 11 is 0. The van der Waals surface area contributed by atoms with Crippen LogP contribution in [-0.4, -0.2) is 35.3 Å². The van der Waals surface area contributed by atoms with Gasteiger partial charge in [-0.05, 0) is 22.6 Å². The fourth-order valence-corrected chi connectivity index (χ4v) is 2.17. The number of aryl methyl sites for hydroxylation is 1. The van der Waals surface area contributed by atoms with Gasteiger partial charge in [0.1, 0.15) is 24.2 Å². The number of rotatable bonds is 8. The van der Waals surface area contributed by atoms with E-state index < -0.39 is 4.92 Å². The van der Waals surface area contributed by atoms with Gasteiger partial charge in [-0.3, -0.25) is 0 Å². The second-order valence-corrected chi connectivity index (χ2v) is 4.85. The predicted octanol–water partition coefficient (Wildman–Crippen LogP) is 2.33. The zero-order valence-corrected chi connectivity index (χ0v) is 13.3. The first-order chi connectivity index (χ1) is 11.0. The Labute approximate surface area is 133 Å². The third-order valence-electron chi connectivity index (χ3n) is 3.36.